The molecule has 0 bridgehead atoms. The number of benzene rings is 1. The van der Waals surface area contributed by atoms with E-state index in [1.807, 2.05) is 0 Å². The minimum Gasteiger partial charge on any atom is -0.385 e. The summed E-state index contributed by atoms with van der Waals surface area (Å²) in [7, 11) is 0. The minimum atomic E-state index is 0.862. The Hall–Kier alpha value is -1.25. The Labute approximate surface area is 137 Å². The van der Waals surface area contributed by atoms with E-state index in [1.54, 1.807) is 11.1 Å². The van der Waals surface area contributed by atoms with E-state index in [0.29, 0.717) is 0 Å². The van der Waals surface area contributed by atoms with Gasteiger partial charge in [-0.25, -0.2) is 0 Å². The van der Waals surface area contributed by atoms with E-state index >= 15 is 0 Å². The van der Waals surface area contributed by atoms with Crippen molar-refractivity contribution in [2.24, 2.45) is 0 Å². The van der Waals surface area contributed by atoms with Gasteiger partial charge in [-0.2, -0.15) is 0 Å². The third-order valence-corrected chi connectivity index (χ3v) is 5.39. The van der Waals surface area contributed by atoms with E-state index in [0.717, 1.165) is 43.9 Å². The second kappa shape index (κ2) is 6.10. The molecule has 0 atom stereocenters. The monoisotopic (exact) mass is 314 g/mol. The second-order valence-corrected chi connectivity index (χ2v) is 6.98. The van der Waals surface area contributed by atoms with Gasteiger partial charge in [0.25, 0.3) is 0 Å². The van der Waals surface area contributed by atoms with Gasteiger partial charge in [-0.1, -0.05) is 23.2 Å². The molecule has 2 nitrogen and oxygen atoms in total. The highest BCUT2D eigenvalue weighted by atomic mass is 35.5. The van der Waals surface area contributed by atoms with Gasteiger partial charge in [-0.05, 0) is 80.4 Å². The van der Waals surface area contributed by atoms with Crippen molar-refractivity contribution in [3.05, 3.63) is 51.2 Å². The van der Waals surface area contributed by atoms with Gasteiger partial charge in [0.2, 0.25) is 0 Å². The van der Waals surface area contributed by atoms with Gasteiger partial charge in [-0.3, -0.25) is 0 Å². The molecule has 1 aromatic rings. The summed E-state index contributed by atoms with van der Waals surface area (Å²) < 4.78 is 0. The molecule has 2 aliphatic heterocycles. The lowest BCUT2D eigenvalue weighted by atomic mass is 9.88. The molecule has 0 amide bonds. The largest absolute Gasteiger partial charge is 0.385 e. The van der Waals surface area contributed by atoms with Crippen LogP contribution >= 0.6 is 11.6 Å². The standard InChI is InChI=1S/C19H23ClN2/c20-16-5-6-17-15(12-16)4-3-14-2-1-9-22-19(14)18(17)13-7-10-21-11-8-13/h5-6,12,21-22H,1-4,7-11H2. The topological polar surface area (TPSA) is 24.1 Å². The Morgan fingerprint density at radius 2 is 1.73 bits per heavy atom. The van der Waals surface area contributed by atoms with E-state index in [9.17, 15) is 0 Å². The third kappa shape index (κ3) is 2.59. The van der Waals surface area contributed by atoms with Gasteiger partial charge < -0.3 is 10.6 Å². The van der Waals surface area contributed by atoms with E-state index < -0.39 is 0 Å². The van der Waals surface area contributed by atoms with Crippen molar-refractivity contribution in [3.63, 3.8) is 0 Å². The molecule has 1 aromatic carbocycles. The van der Waals surface area contributed by atoms with Crippen molar-refractivity contribution < 1.29 is 0 Å². The number of halogens is 1. The number of piperidine rings is 1. The molecular formula is C19H23ClN2. The lowest BCUT2D eigenvalue weighted by molar-refractivity contribution is 0.608. The first kappa shape index (κ1) is 14.3. The SMILES string of the molecule is Clc1ccc2c(c1)CCC1=C(NCCC1)C2=C1CCNCC1. The van der Waals surface area contributed by atoms with Gasteiger partial charge in [0, 0.05) is 22.8 Å². The summed E-state index contributed by atoms with van der Waals surface area (Å²) in [4.78, 5) is 0. The summed E-state index contributed by atoms with van der Waals surface area (Å²) in [5, 5.41) is 8.08. The van der Waals surface area contributed by atoms with E-state index in [4.69, 9.17) is 11.6 Å². The lowest BCUT2D eigenvalue weighted by Gasteiger charge is -2.27. The molecule has 0 aromatic heterocycles. The first-order valence-corrected chi connectivity index (χ1v) is 8.88. The number of hydrogen-bond acceptors (Lipinski definition) is 2. The molecule has 1 saturated heterocycles. The molecule has 1 aliphatic carbocycles. The van der Waals surface area contributed by atoms with Gasteiger partial charge in [0.1, 0.15) is 0 Å². The average molecular weight is 315 g/mol. The van der Waals surface area contributed by atoms with Crippen LogP contribution in [-0.2, 0) is 6.42 Å². The number of nitrogens with one attached hydrogen (secondary N) is 2. The van der Waals surface area contributed by atoms with Gasteiger partial charge >= 0.3 is 0 Å². The molecular weight excluding hydrogens is 292 g/mol. The Bertz CT molecular complexity index is 649. The molecule has 4 rings (SSSR count). The molecule has 0 radical (unpaired) electrons. The van der Waals surface area contributed by atoms with Crippen molar-refractivity contribution in [3.8, 4) is 0 Å². The molecule has 0 saturated carbocycles. The van der Waals surface area contributed by atoms with E-state index in [-0.39, 0.29) is 0 Å². The molecule has 2 N–H and O–H groups in total. The minimum absolute atomic E-state index is 0.862. The van der Waals surface area contributed by atoms with Gasteiger partial charge in [0.05, 0.1) is 0 Å². The van der Waals surface area contributed by atoms with Crippen LogP contribution in [0.15, 0.2) is 35.0 Å². The van der Waals surface area contributed by atoms with E-state index in [2.05, 4.69) is 28.8 Å². The number of allylic oxidation sites excluding steroid dienone is 2. The molecule has 0 unspecified atom stereocenters. The Morgan fingerprint density at radius 3 is 2.59 bits per heavy atom. The predicted octanol–water partition coefficient (Wildman–Crippen LogP) is 4.06. The van der Waals surface area contributed by atoms with Crippen LogP contribution in [-0.4, -0.2) is 19.6 Å². The van der Waals surface area contributed by atoms with Crippen LogP contribution in [0, 0.1) is 0 Å². The van der Waals surface area contributed by atoms with Crippen LogP contribution in [0.5, 0.6) is 0 Å². The molecule has 1 fully saturated rings. The first-order valence-electron chi connectivity index (χ1n) is 8.51. The first-order chi connectivity index (χ1) is 10.8. The van der Waals surface area contributed by atoms with Gasteiger partial charge in [0.15, 0.2) is 0 Å². The van der Waals surface area contributed by atoms with Crippen molar-refractivity contribution in [1.82, 2.24) is 10.6 Å². The van der Waals surface area contributed by atoms with Crippen LogP contribution < -0.4 is 10.6 Å². The summed E-state index contributed by atoms with van der Waals surface area (Å²) in [5.74, 6) is 0. The predicted molar refractivity (Wildman–Crippen MR) is 93.1 cm³/mol. The molecule has 0 spiro atoms. The smallest absolute Gasteiger partial charge is 0.0411 e. The zero-order valence-corrected chi connectivity index (χ0v) is 13.7. The highest BCUT2D eigenvalue weighted by Crippen LogP contribution is 2.40. The normalized spacial score (nSPS) is 21.9. The molecule has 116 valence electrons. The van der Waals surface area contributed by atoms with Crippen molar-refractivity contribution in [1.29, 1.82) is 0 Å². The molecule has 3 aliphatic rings. The van der Waals surface area contributed by atoms with Crippen LogP contribution in [0.3, 0.4) is 0 Å². The summed E-state index contributed by atoms with van der Waals surface area (Å²) in [6.45, 7) is 3.31. The van der Waals surface area contributed by atoms with Crippen molar-refractivity contribution in [2.75, 3.05) is 19.6 Å². The summed E-state index contributed by atoms with van der Waals surface area (Å²) in [6.07, 6.45) is 7.13. The molecule has 22 heavy (non-hydrogen) atoms. The van der Waals surface area contributed by atoms with Crippen LogP contribution in [0.25, 0.3) is 5.57 Å². The fourth-order valence-electron chi connectivity index (χ4n) is 4.06. The van der Waals surface area contributed by atoms with Gasteiger partial charge in [-0.15, -0.1) is 0 Å². The second-order valence-electron chi connectivity index (χ2n) is 6.54. The fourth-order valence-corrected chi connectivity index (χ4v) is 4.25. The maximum Gasteiger partial charge on any atom is 0.0411 e. The zero-order valence-electron chi connectivity index (χ0n) is 13.0. The maximum atomic E-state index is 6.26. The highest BCUT2D eigenvalue weighted by Gasteiger charge is 2.25. The zero-order chi connectivity index (χ0) is 14.9. The number of aryl methyl sites for hydroxylation is 1. The summed E-state index contributed by atoms with van der Waals surface area (Å²) >= 11 is 6.26. The van der Waals surface area contributed by atoms with Crippen molar-refractivity contribution in [2.45, 2.75) is 38.5 Å². The number of hydrogen-bond donors (Lipinski definition) is 2. The Morgan fingerprint density at radius 1 is 0.864 bits per heavy atom. The Kier molecular flexibility index (Phi) is 3.98. The molecule has 2 heterocycles. The average Bonchev–Trinajstić information content (AvgIpc) is 2.72. The maximum absolute atomic E-state index is 6.26. The lowest BCUT2D eigenvalue weighted by Crippen LogP contribution is -2.27. The number of fused-ring (bicyclic) bond motifs is 1. The number of rotatable bonds is 0. The van der Waals surface area contributed by atoms with Crippen LogP contribution in [0.2, 0.25) is 5.02 Å². The quantitative estimate of drug-likeness (QED) is 0.754. The summed E-state index contributed by atoms with van der Waals surface area (Å²) in [6, 6.07) is 6.47. The fraction of sp³-hybridized carbons (Fsp3) is 0.474. The van der Waals surface area contributed by atoms with Crippen LogP contribution in [0.4, 0.5) is 0 Å². The van der Waals surface area contributed by atoms with Crippen molar-refractivity contribution >= 4 is 17.2 Å². The Balaban J connectivity index is 1.91. The summed E-state index contributed by atoms with van der Waals surface area (Å²) in [5.41, 5.74) is 9.03. The highest BCUT2D eigenvalue weighted by molar-refractivity contribution is 6.30. The van der Waals surface area contributed by atoms with Crippen LogP contribution in [0.1, 0.15) is 43.2 Å². The molecule has 3 heteroatoms. The third-order valence-electron chi connectivity index (χ3n) is 5.15. The van der Waals surface area contributed by atoms with E-state index in [1.165, 1.54) is 41.7 Å².